The van der Waals surface area contributed by atoms with Crippen LogP contribution in [0.5, 0.6) is 0 Å². The van der Waals surface area contributed by atoms with Crippen molar-refractivity contribution in [1.82, 2.24) is 9.80 Å². The molecule has 2 rings (SSSR count). The van der Waals surface area contributed by atoms with E-state index >= 15 is 0 Å². The number of hydrogen-bond acceptors (Lipinski definition) is 3. The average molecular weight is 264 g/mol. The Morgan fingerprint density at radius 2 is 1.78 bits per heavy atom. The number of benzene rings is 1. The second-order valence-corrected chi connectivity index (χ2v) is 6.14. The molecule has 100 valence electrons. The first-order chi connectivity index (χ1) is 8.84. The predicted octanol–water partition coefficient (Wildman–Crippen LogP) is 2.56. The summed E-state index contributed by atoms with van der Waals surface area (Å²) in [5, 5.41) is 0. The fraction of sp³-hybridized carbons (Fsp3) is 0.600. The van der Waals surface area contributed by atoms with Gasteiger partial charge in [0.1, 0.15) is 0 Å². The summed E-state index contributed by atoms with van der Waals surface area (Å²) in [7, 11) is 2.22. The largest absolute Gasteiger partial charge is 0.304 e. The van der Waals surface area contributed by atoms with E-state index in [1.807, 2.05) is 0 Å². The lowest BCUT2D eigenvalue weighted by atomic mass is 10.2. The molecule has 0 saturated carbocycles. The fourth-order valence-electron chi connectivity index (χ4n) is 2.23. The van der Waals surface area contributed by atoms with Crippen LogP contribution in [0.1, 0.15) is 12.0 Å². The first-order valence-electron chi connectivity index (χ1n) is 6.87. The fourth-order valence-corrected chi connectivity index (χ4v) is 3.13. The molecular formula is C15H24N2S. The van der Waals surface area contributed by atoms with Crippen molar-refractivity contribution in [3.05, 3.63) is 35.9 Å². The van der Waals surface area contributed by atoms with E-state index in [1.54, 1.807) is 0 Å². The van der Waals surface area contributed by atoms with E-state index in [9.17, 15) is 0 Å². The van der Waals surface area contributed by atoms with E-state index in [1.165, 1.54) is 50.5 Å². The van der Waals surface area contributed by atoms with Crippen molar-refractivity contribution in [2.45, 2.75) is 12.2 Å². The highest BCUT2D eigenvalue weighted by Gasteiger charge is 2.12. The standard InChI is InChI=1S/C15H24N2S/c1-16-9-11-17(12-10-16)8-5-13-18-14-15-6-3-2-4-7-15/h2-4,6-7H,5,8-14H2,1H3. The van der Waals surface area contributed by atoms with Crippen molar-refractivity contribution in [3.63, 3.8) is 0 Å². The van der Waals surface area contributed by atoms with Gasteiger partial charge in [0.2, 0.25) is 0 Å². The number of piperazine rings is 1. The third-order valence-electron chi connectivity index (χ3n) is 3.47. The van der Waals surface area contributed by atoms with Crippen LogP contribution in [0.3, 0.4) is 0 Å². The second-order valence-electron chi connectivity index (χ2n) is 5.04. The van der Waals surface area contributed by atoms with Gasteiger partial charge in [0.05, 0.1) is 0 Å². The Kier molecular flexibility index (Phi) is 6.05. The second kappa shape index (κ2) is 7.82. The summed E-state index contributed by atoms with van der Waals surface area (Å²) in [6.07, 6.45) is 1.32. The molecule has 1 aromatic rings. The molecule has 0 bridgehead atoms. The summed E-state index contributed by atoms with van der Waals surface area (Å²) in [5.74, 6) is 2.44. The Bertz CT molecular complexity index is 321. The highest BCUT2D eigenvalue weighted by atomic mass is 32.2. The molecule has 0 radical (unpaired) electrons. The maximum absolute atomic E-state index is 2.60. The summed E-state index contributed by atoms with van der Waals surface area (Å²) < 4.78 is 0. The minimum atomic E-state index is 1.16. The monoisotopic (exact) mass is 264 g/mol. The lowest BCUT2D eigenvalue weighted by molar-refractivity contribution is 0.154. The van der Waals surface area contributed by atoms with E-state index in [-0.39, 0.29) is 0 Å². The molecule has 1 saturated heterocycles. The Labute approximate surface area is 115 Å². The zero-order chi connectivity index (χ0) is 12.6. The van der Waals surface area contributed by atoms with Crippen LogP contribution in [0.15, 0.2) is 30.3 Å². The third-order valence-corrected chi connectivity index (χ3v) is 4.59. The van der Waals surface area contributed by atoms with Crippen LogP contribution < -0.4 is 0 Å². The zero-order valence-electron chi connectivity index (χ0n) is 11.3. The lowest BCUT2D eigenvalue weighted by Gasteiger charge is -2.32. The van der Waals surface area contributed by atoms with Crippen molar-refractivity contribution >= 4 is 11.8 Å². The van der Waals surface area contributed by atoms with Crippen molar-refractivity contribution in [3.8, 4) is 0 Å². The Hall–Kier alpha value is -0.510. The van der Waals surface area contributed by atoms with E-state index in [4.69, 9.17) is 0 Å². The maximum Gasteiger partial charge on any atom is 0.0184 e. The van der Waals surface area contributed by atoms with Gasteiger partial charge >= 0.3 is 0 Å². The number of rotatable bonds is 6. The van der Waals surface area contributed by atoms with Gasteiger partial charge in [-0.1, -0.05) is 30.3 Å². The number of hydrogen-bond donors (Lipinski definition) is 0. The molecule has 0 unspecified atom stereocenters. The Balaban J connectivity index is 1.51. The zero-order valence-corrected chi connectivity index (χ0v) is 12.2. The first kappa shape index (κ1) is 13.9. The normalized spacial score (nSPS) is 18.1. The van der Waals surface area contributed by atoms with Crippen LogP contribution in [0.4, 0.5) is 0 Å². The number of thioether (sulfide) groups is 1. The molecule has 18 heavy (non-hydrogen) atoms. The molecule has 0 aliphatic carbocycles. The molecule has 0 atom stereocenters. The number of likely N-dealkylation sites (N-methyl/N-ethyl adjacent to an activating group) is 1. The molecule has 1 aromatic carbocycles. The van der Waals surface area contributed by atoms with E-state index in [0.717, 1.165) is 5.75 Å². The van der Waals surface area contributed by atoms with Gasteiger partial charge in [-0.05, 0) is 31.3 Å². The maximum atomic E-state index is 2.60. The molecule has 0 spiro atoms. The Morgan fingerprint density at radius 3 is 2.50 bits per heavy atom. The van der Waals surface area contributed by atoms with Crippen LogP contribution in [-0.4, -0.2) is 55.3 Å². The van der Waals surface area contributed by atoms with Gasteiger partial charge < -0.3 is 9.80 Å². The van der Waals surface area contributed by atoms with Gasteiger partial charge in [-0.3, -0.25) is 0 Å². The lowest BCUT2D eigenvalue weighted by Crippen LogP contribution is -2.44. The highest BCUT2D eigenvalue weighted by Crippen LogP contribution is 2.13. The van der Waals surface area contributed by atoms with Gasteiger partial charge in [0.15, 0.2) is 0 Å². The van der Waals surface area contributed by atoms with Crippen molar-refractivity contribution in [2.75, 3.05) is 45.5 Å². The third kappa shape index (κ3) is 5.01. The van der Waals surface area contributed by atoms with E-state index < -0.39 is 0 Å². The van der Waals surface area contributed by atoms with Gasteiger partial charge in [-0.15, -0.1) is 0 Å². The van der Waals surface area contributed by atoms with Crippen molar-refractivity contribution < 1.29 is 0 Å². The van der Waals surface area contributed by atoms with Gasteiger partial charge in [0.25, 0.3) is 0 Å². The highest BCUT2D eigenvalue weighted by molar-refractivity contribution is 7.98. The molecule has 0 amide bonds. The SMILES string of the molecule is CN1CCN(CCCSCc2ccccc2)CC1. The summed E-state index contributed by atoms with van der Waals surface area (Å²) in [6.45, 7) is 6.24. The summed E-state index contributed by atoms with van der Waals surface area (Å²) >= 11 is 2.06. The molecule has 0 N–H and O–H groups in total. The van der Waals surface area contributed by atoms with E-state index in [2.05, 4.69) is 58.9 Å². The average Bonchev–Trinajstić information content (AvgIpc) is 2.42. The predicted molar refractivity (Wildman–Crippen MR) is 81.2 cm³/mol. The van der Waals surface area contributed by atoms with Crippen LogP contribution in [0.25, 0.3) is 0 Å². The summed E-state index contributed by atoms with van der Waals surface area (Å²) in [5.41, 5.74) is 1.45. The van der Waals surface area contributed by atoms with Crippen LogP contribution in [-0.2, 0) is 5.75 Å². The quantitative estimate of drug-likeness (QED) is 0.729. The topological polar surface area (TPSA) is 6.48 Å². The van der Waals surface area contributed by atoms with E-state index in [0.29, 0.717) is 0 Å². The van der Waals surface area contributed by atoms with Gasteiger partial charge in [0, 0.05) is 31.9 Å². The van der Waals surface area contributed by atoms with Crippen molar-refractivity contribution in [2.24, 2.45) is 0 Å². The number of nitrogens with zero attached hydrogens (tertiary/aromatic N) is 2. The van der Waals surface area contributed by atoms with Crippen LogP contribution >= 0.6 is 11.8 Å². The smallest absolute Gasteiger partial charge is 0.0184 e. The molecule has 0 aromatic heterocycles. The van der Waals surface area contributed by atoms with Gasteiger partial charge in [-0.25, -0.2) is 0 Å². The molecule has 1 aliphatic heterocycles. The van der Waals surface area contributed by atoms with Gasteiger partial charge in [-0.2, -0.15) is 11.8 Å². The molecule has 3 heteroatoms. The molecule has 1 aliphatic rings. The minimum absolute atomic E-state index is 1.16. The van der Waals surface area contributed by atoms with Crippen molar-refractivity contribution in [1.29, 1.82) is 0 Å². The molecular weight excluding hydrogens is 240 g/mol. The van der Waals surface area contributed by atoms with Crippen LogP contribution in [0.2, 0.25) is 0 Å². The Morgan fingerprint density at radius 1 is 1.06 bits per heavy atom. The molecule has 1 fully saturated rings. The molecule has 2 nitrogen and oxygen atoms in total. The first-order valence-corrected chi connectivity index (χ1v) is 8.02. The molecule has 1 heterocycles. The summed E-state index contributed by atoms with van der Waals surface area (Å²) in [4.78, 5) is 5.02. The minimum Gasteiger partial charge on any atom is -0.304 e. The summed E-state index contributed by atoms with van der Waals surface area (Å²) in [6, 6.07) is 10.8. The van der Waals surface area contributed by atoms with Crippen LogP contribution in [0, 0.1) is 0 Å².